The number of aromatic amines is 1. The van der Waals surface area contributed by atoms with Crippen LogP contribution in [-0.2, 0) is 0 Å². The predicted octanol–water partition coefficient (Wildman–Crippen LogP) is -1.56. The Kier molecular flexibility index (Phi) is 2.43. The molecular formula is C7H9N3O3. The maximum absolute atomic E-state index is 11.0. The first-order chi connectivity index (χ1) is 6.06. The first-order valence-corrected chi connectivity index (χ1v) is 3.62. The molecule has 0 amide bonds. The summed E-state index contributed by atoms with van der Waals surface area (Å²) in [6.45, 7) is 1.23. The lowest BCUT2D eigenvalue weighted by molar-refractivity contribution is 0.0917. The van der Waals surface area contributed by atoms with Gasteiger partial charge in [0.05, 0.1) is 6.54 Å². The Morgan fingerprint density at radius 2 is 2.23 bits per heavy atom. The SMILES string of the molecule is Cc1cn(C(=O)CN)c(=O)[nH]c1=O. The maximum atomic E-state index is 11.0. The Morgan fingerprint density at radius 1 is 1.62 bits per heavy atom. The molecule has 0 aromatic carbocycles. The number of nitrogens with zero attached hydrogens (tertiary/aromatic N) is 1. The molecule has 1 aromatic rings. The molecule has 0 saturated carbocycles. The molecule has 1 rings (SSSR count). The Morgan fingerprint density at radius 3 is 2.77 bits per heavy atom. The van der Waals surface area contributed by atoms with Gasteiger partial charge in [0.15, 0.2) is 0 Å². The number of rotatable bonds is 1. The Balaban J connectivity index is 3.41. The summed E-state index contributed by atoms with van der Waals surface area (Å²) in [6.07, 6.45) is 1.18. The first kappa shape index (κ1) is 9.40. The molecule has 13 heavy (non-hydrogen) atoms. The van der Waals surface area contributed by atoms with Crippen molar-refractivity contribution in [2.75, 3.05) is 6.54 Å². The Hall–Kier alpha value is -1.69. The second-order valence-corrected chi connectivity index (χ2v) is 2.54. The van der Waals surface area contributed by atoms with Crippen LogP contribution in [-0.4, -0.2) is 22.0 Å². The number of nitrogens with one attached hydrogen (secondary N) is 1. The fourth-order valence-corrected chi connectivity index (χ4v) is 0.850. The molecule has 70 valence electrons. The van der Waals surface area contributed by atoms with Crippen molar-refractivity contribution in [1.29, 1.82) is 0 Å². The van der Waals surface area contributed by atoms with Crippen molar-refractivity contribution in [2.24, 2.45) is 5.73 Å². The Bertz CT molecular complexity index is 443. The van der Waals surface area contributed by atoms with Crippen molar-refractivity contribution in [2.45, 2.75) is 6.92 Å². The van der Waals surface area contributed by atoms with E-state index in [1.807, 2.05) is 4.98 Å². The lowest BCUT2D eigenvalue weighted by Gasteiger charge is -2.00. The van der Waals surface area contributed by atoms with Gasteiger partial charge in [-0.1, -0.05) is 0 Å². The van der Waals surface area contributed by atoms with Crippen LogP contribution in [0.4, 0.5) is 0 Å². The van der Waals surface area contributed by atoms with Gasteiger partial charge in [0.2, 0.25) is 5.91 Å². The van der Waals surface area contributed by atoms with Gasteiger partial charge in [-0.25, -0.2) is 9.36 Å². The molecule has 0 aliphatic rings. The molecule has 0 aliphatic carbocycles. The van der Waals surface area contributed by atoms with E-state index in [9.17, 15) is 14.4 Å². The van der Waals surface area contributed by atoms with Gasteiger partial charge in [-0.3, -0.25) is 14.6 Å². The number of nitrogens with two attached hydrogens (primary N) is 1. The standard InChI is InChI=1S/C7H9N3O3/c1-4-3-10(5(11)2-8)7(13)9-6(4)12/h3H,2,8H2,1H3,(H,9,12,13). The van der Waals surface area contributed by atoms with Crippen LogP contribution in [0.1, 0.15) is 10.4 Å². The summed E-state index contributed by atoms with van der Waals surface area (Å²) in [5, 5.41) is 0. The van der Waals surface area contributed by atoms with Crippen LogP contribution in [0, 0.1) is 6.92 Å². The lowest BCUT2D eigenvalue weighted by Crippen LogP contribution is -2.37. The van der Waals surface area contributed by atoms with Gasteiger partial charge in [-0.2, -0.15) is 0 Å². The third-order valence-corrected chi connectivity index (χ3v) is 1.56. The van der Waals surface area contributed by atoms with Crippen LogP contribution in [0.5, 0.6) is 0 Å². The van der Waals surface area contributed by atoms with Crippen molar-refractivity contribution >= 4 is 5.91 Å². The van der Waals surface area contributed by atoms with Crippen molar-refractivity contribution in [1.82, 2.24) is 9.55 Å². The van der Waals surface area contributed by atoms with Crippen molar-refractivity contribution in [3.63, 3.8) is 0 Å². The third-order valence-electron chi connectivity index (χ3n) is 1.56. The van der Waals surface area contributed by atoms with E-state index in [2.05, 4.69) is 0 Å². The summed E-state index contributed by atoms with van der Waals surface area (Å²) in [5.41, 5.74) is 4.10. The van der Waals surface area contributed by atoms with E-state index in [4.69, 9.17) is 5.73 Å². The van der Waals surface area contributed by atoms with Crippen LogP contribution in [0.3, 0.4) is 0 Å². The lowest BCUT2D eigenvalue weighted by atomic mass is 10.4. The predicted molar refractivity (Wildman–Crippen MR) is 45.7 cm³/mol. The van der Waals surface area contributed by atoms with E-state index in [0.717, 1.165) is 4.57 Å². The van der Waals surface area contributed by atoms with Crippen LogP contribution in [0.2, 0.25) is 0 Å². The molecule has 3 N–H and O–H groups in total. The van der Waals surface area contributed by atoms with Crippen molar-refractivity contribution in [3.05, 3.63) is 32.6 Å². The van der Waals surface area contributed by atoms with Gasteiger partial charge in [-0.05, 0) is 6.92 Å². The normalized spacial score (nSPS) is 10.0. The highest BCUT2D eigenvalue weighted by atomic mass is 16.2. The molecule has 6 nitrogen and oxygen atoms in total. The quantitative estimate of drug-likeness (QED) is 0.550. The number of aryl methyl sites for hydroxylation is 1. The molecule has 1 heterocycles. The molecule has 0 fully saturated rings. The molecule has 0 unspecified atom stereocenters. The van der Waals surface area contributed by atoms with Crippen LogP contribution < -0.4 is 17.0 Å². The maximum Gasteiger partial charge on any atom is 0.335 e. The van der Waals surface area contributed by atoms with Crippen LogP contribution in [0.15, 0.2) is 15.8 Å². The molecule has 0 radical (unpaired) electrons. The third kappa shape index (κ3) is 1.73. The van der Waals surface area contributed by atoms with Crippen LogP contribution in [0.25, 0.3) is 0 Å². The zero-order chi connectivity index (χ0) is 10.0. The number of aromatic nitrogens is 2. The zero-order valence-corrected chi connectivity index (χ0v) is 7.03. The second-order valence-electron chi connectivity index (χ2n) is 2.54. The molecule has 6 heteroatoms. The summed E-state index contributed by atoms with van der Waals surface area (Å²) in [4.78, 5) is 34.9. The highest BCUT2D eigenvalue weighted by Gasteiger charge is 2.06. The van der Waals surface area contributed by atoms with E-state index >= 15 is 0 Å². The molecule has 0 bridgehead atoms. The van der Waals surface area contributed by atoms with Gasteiger partial charge in [-0.15, -0.1) is 0 Å². The van der Waals surface area contributed by atoms with E-state index < -0.39 is 17.2 Å². The average molecular weight is 183 g/mol. The summed E-state index contributed by atoms with van der Waals surface area (Å²) in [6, 6.07) is 0. The monoisotopic (exact) mass is 183 g/mol. The van der Waals surface area contributed by atoms with Crippen molar-refractivity contribution < 1.29 is 4.79 Å². The minimum absolute atomic E-state index is 0.272. The topological polar surface area (TPSA) is 97.9 Å². The fourth-order valence-electron chi connectivity index (χ4n) is 0.850. The summed E-state index contributed by atoms with van der Waals surface area (Å²) in [5.74, 6) is -0.552. The number of hydrogen-bond acceptors (Lipinski definition) is 4. The molecule has 0 saturated heterocycles. The average Bonchev–Trinajstić information content (AvgIpc) is 2.10. The van der Waals surface area contributed by atoms with E-state index in [1.54, 1.807) is 0 Å². The number of carbonyl (C=O) groups excluding carboxylic acids is 1. The zero-order valence-electron chi connectivity index (χ0n) is 7.03. The molecule has 1 aromatic heterocycles. The van der Waals surface area contributed by atoms with E-state index in [-0.39, 0.29) is 6.54 Å². The number of carbonyl (C=O) groups is 1. The van der Waals surface area contributed by atoms with E-state index in [1.165, 1.54) is 13.1 Å². The smallest absolute Gasteiger partial charge is 0.322 e. The van der Waals surface area contributed by atoms with Crippen LogP contribution >= 0.6 is 0 Å². The fraction of sp³-hybridized carbons (Fsp3) is 0.286. The first-order valence-electron chi connectivity index (χ1n) is 3.62. The molecular weight excluding hydrogens is 174 g/mol. The molecule has 0 atom stereocenters. The summed E-state index contributed by atoms with van der Waals surface area (Å²) < 4.78 is 0.788. The van der Waals surface area contributed by atoms with Crippen molar-refractivity contribution in [3.8, 4) is 0 Å². The highest BCUT2D eigenvalue weighted by Crippen LogP contribution is 1.82. The summed E-state index contributed by atoms with van der Waals surface area (Å²) in [7, 11) is 0. The van der Waals surface area contributed by atoms with Gasteiger partial charge < -0.3 is 5.73 Å². The van der Waals surface area contributed by atoms with Gasteiger partial charge in [0, 0.05) is 11.8 Å². The minimum Gasteiger partial charge on any atom is -0.322 e. The van der Waals surface area contributed by atoms with E-state index in [0.29, 0.717) is 5.56 Å². The Labute approximate surface area is 73.0 Å². The number of H-pyrrole nitrogens is 1. The number of hydrogen-bond donors (Lipinski definition) is 2. The highest BCUT2D eigenvalue weighted by molar-refractivity contribution is 5.80. The summed E-state index contributed by atoms with van der Waals surface area (Å²) >= 11 is 0. The largest absolute Gasteiger partial charge is 0.335 e. The van der Waals surface area contributed by atoms with Gasteiger partial charge >= 0.3 is 5.69 Å². The molecule has 0 aliphatic heterocycles. The van der Waals surface area contributed by atoms with Gasteiger partial charge in [0.25, 0.3) is 5.56 Å². The molecule has 0 spiro atoms. The second kappa shape index (κ2) is 3.36. The van der Waals surface area contributed by atoms with Gasteiger partial charge in [0.1, 0.15) is 0 Å². The minimum atomic E-state index is -0.758.